The van der Waals surface area contributed by atoms with Crippen molar-refractivity contribution >= 4 is 49.7 Å². The van der Waals surface area contributed by atoms with Gasteiger partial charge in [-0.1, -0.05) is 336 Å². The first-order valence-electron chi connectivity index (χ1n) is 33.2. The van der Waals surface area contributed by atoms with Crippen molar-refractivity contribution in [2.45, 2.75) is 388 Å². The van der Waals surface area contributed by atoms with Gasteiger partial charge in [0.2, 0.25) is 0 Å². The van der Waals surface area contributed by atoms with Gasteiger partial charge in [0, 0.05) is 12.1 Å². The van der Waals surface area contributed by atoms with E-state index in [4.69, 9.17) is 0 Å². The fourth-order valence-corrected chi connectivity index (χ4v) is 10.6. The van der Waals surface area contributed by atoms with Crippen LogP contribution in [0.1, 0.15) is 375 Å². The van der Waals surface area contributed by atoms with E-state index in [0.29, 0.717) is 0 Å². The molecule has 0 heterocycles. The van der Waals surface area contributed by atoms with Gasteiger partial charge < -0.3 is 19.8 Å². The summed E-state index contributed by atoms with van der Waals surface area (Å²) in [4.78, 5) is 27.2. The van der Waals surface area contributed by atoms with Gasteiger partial charge in [0.1, 0.15) is 0 Å². The zero-order valence-corrected chi connectivity index (χ0v) is 53.2. The third kappa shape index (κ3) is 61.2. The Kier molecular flexibility index (Phi) is 70.4. The summed E-state index contributed by atoms with van der Waals surface area (Å²) in [6.45, 7) is 16.4. The molecule has 2 unspecified atom stereocenters. The van der Waals surface area contributed by atoms with Gasteiger partial charge >= 0.3 is 37.7 Å². The van der Waals surface area contributed by atoms with E-state index in [2.05, 4.69) is 37.5 Å². The van der Waals surface area contributed by atoms with Crippen molar-refractivity contribution in [3.05, 3.63) is 0 Å². The number of carbonyl (C=O) groups excluding carboxylic acids is 2. The number of carboxylic acids is 2. The molecule has 0 aliphatic carbocycles. The summed E-state index contributed by atoms with van der Waals surface area (Å²) in [5.41, 5.74) is 0. The average molecular weight is 1060 g/mol. The maximum atomic E-state index is 11.5. The third-order valence-electron chi connectivity index (χ3n) is 16.0. The van der Waals surface area contributed by atoms with Crippen LogP contribution in [-0.2, 0) is 9.59 Å². The van der Waals surface area contributed by atoms with Crippen molar-refractivity contribution in [3.63, 3.8) is 0 Å². The summed E-state index contributed by atoms with van der Waals surface area (Å²) in [6.07, 6.45) is 70.2. The van der Waals surface area contributed by atoms with Gasteiger partial charge in [-0.3, -0.25) is 9.80 Å². The van der Waals surface area contributed by atoms with E-state index in [1.807, 2.05) is 0 Å². The van der Waals surface area contributed by atoms with Crippen molar-refractivity contribution in [2.75, 3.05) is 26.2 Å². The molecule has 432 valence electrons. The van der Waals surface area contributed by atoms with Crippen molar-refractivity contribution in [2.24, 2.45) is 0 Å². The Morgan fingerprint density at radius 2 is 0.356 bits per heavy atom. The first kappa shape index (κ1) is 77.4. The molecule has 0 rings (SSSR count). The number of carbonyl (C=O) groups is 2. The Hall–Kier alpha value is 0.120. The Labute approximate surface area is 489 Å². The maximum Gasteiger partial charge on any atom is 2.00 e. The second-order valence-corrected chi connectivity index (χ2v) is 23.0. The molecule has 0 aromatic rings. The molecule has 0 fully saturated rings. The van der Waals surface area contributed by atoms with Gasteiger partial charge in [-0.05, 0) is 65.7 Å². The quantitative estimate of drug-likeness (QED) is 0.0446. The van der Waals surface area contributed by atoms with Crippen LogP contribution in [-0.4, -0.2) is 97.7 Å². The Morgan fingerprint density at radius 1 is 0.247 bits per heavy atom. The number of nitrogens with zero attached hydrogens (tertiary/aromatic N) is 2. The molecule has 0 saturated heterocycles. The van der Waals surface area contributed by atoms with Crippen LogP contribution < -0.4 is 10.2 Å². The van der Waals surface area contributed by atoms with Crippen LogP contribution in [0.25, 0.3) is 0 Å². The predicted molar refractivity (Wildman–Crippen MR) is 321 cm³/mol. The monoisotopic (exact) mass is 1060 g/mol. The molecule has 6 nitrogen and oxygen atoms in total. The molecule has 0 spiro atoms. The Bertz CT molecular complexity index is 906. The second kappa shape index (κ2) is 66.4. The molecule has 73 heavy (non-hydrogen) atoms. The van der Waals surface area contributed by atoms with E-state index in [9.17, 15) is 19.8 Å². The van der Waals surface area contributed by atoms with Gasteiger partial charge in [-0.2, -0.15) is 0 Å². The van der Waals surface area contributed by atoms with Crippen LogP contribution in [0.3, 0.4) is 0 Å². The van der Waals surface area contributed by atoms with Crippen LogP contribution >= 0.6 is 0 Å². The topological polar surface area (TPSA) is 86.7 Å². The molecule has 0 saturated carbocycles. The molecule has 0 bridgehead atoms. The number of rotatable bonds is 60. The number of carboxylic acid groups (broad SMARTS) is 2. The first-order chi connectivity index (χ1) is 35.3. The van der Waals surface area contributed by atoms with Crippen molar-refractivity contribution in [1.29, 1.82) is 0 Å². The number of hydrogen-bond donors (Lipinski definition) is 0. The summed E-state index contributed by atoms with van der Waals surface area (Å²) < 4.78 is 0. The van der Waals surface area contributed by atoms with Gasteiger partial charge in [0.15, 0.2) is 0 Å². The summed E-state index contributed by atoms with van der Waals surface area (Å²) in [6, 6.07) is -0.917. The average Bonchev–Trinajstić information content (AvgIpc) is 3.37. The number of unbranched alkanes of at least 4 members (excludes halogenated alkanes) is 48. The summed E-state index contributed by atoms with van der Waals surface area (Å²) >= 11 is 0. The van der Waals surface area contributed by atoms with E-state index in [1.54, 1.807) is 13.8 Å². The smallest absolute Gasteiger partial charge is 0.548 e. The Balaban J connectivity index is -0.00000132. The van der Waals surface area contributed by atoms with Gasteiger partial charge in [0.05, 0.1) is 11.9 Å². The first-order valence-corrected chi connectivity index (χ1v) is 33.2. The van der Waals surface area contributed by atoms with Crippen LogP contribution in [0.2, 0.25) is 0 Å². The van der Waals surface area contributed by atoms with Gasteiger partial charge in [-0.25, -0.2) is 0 Å². The molecular weight excluding hydrogens is 925 g/mol. The molecule has 0 aromatic heterocycles. The molecular formula is C66H132CaN2O4. The fraction of sp³-hybridized carbons (Fsp3) is 0.970. The molecule has 2 atom stereocenters. The van der Waals surface area contributed by atoms with Gasteiger partial charge in [0.25, 0.3) is 0 Å². The molecule has 0 N–H and O–H groups in total. The normalized spacial score (nSPS) is 12.3. The standard InChI is InChI=1S/2C33H67NO2.Ca/c2*1-4-6-8-10-12-14-16-18-20-22-24-26-28-30-34(32(3)33(35)36)31-29-27-25-23-21-19-17-15-13-11-9-7-5-2;/h2*32H,4-31H2,1-3H3,(H,35,36);/q;;+2/p-2. The number of hydrogen-bond acceptors (Lipinski definition) is 6. The summed E-state index contributed by atoms with van der Waals surface area (Å²) in [5.74, 6) is -1.83. The fourth-order valence-electron chi connectivity index (χ4n) is 10.6. The molecule has 0 radical (unpaired) electrons. The largest absolute Gasteiger partial charge is 2.00 e. The molecule has 0 amide bonds. The third-order valence-corrected chi connectivity index (χ3v) is 16.0. The van der Waals surface area contributed by atoms with Gasteiger partial charge in [-0.15, -0.1) is 0 Å². The van der Waals surface area contributed by atoms with E-state index >= 15 is 0 Å². The molecule has 0 aliphatic rings. The molecule has 7 heteroatoms. The van der Waals surface area contributed by atoms with Crippen molar-refractivity contribution in [3.8, 4) is 0 Å². The van der Waals surface area contributed by atoms with Crippen LogP contribution in [0, 0.1) is 0 Å². The molecule has 0 aromatic carbocycles. The maximum absolute atomic E-state index is 11.5. The zero-order valence-electron chi connectivity index (χ0n) is 51.0. The minimum atomic E-state index is -0.917. The van der Waals surface area contributed by atoms with Crippen molar-refractivity contribution < 1.29 is 19.8 Å². The molecule has 0 aliphatic heterocycles. The predicted octanol–water partition coefficient (Wildman–Crippen LogP) is 18.8. The summed E-state index contributed by atoms with van der Waals surface area (Å²) in [5, 5.41) is 22.9. The number of aliphatic carboxylic acids is 2. The Morgan fingerprint density at radius 3 is 0.466 bits per heavy atom. The SMILES string of the molecule is CCCCCCCCCCCCCCCN(CCCCCCCCCCCCCCC)C(C)C(=O)[O-].CCCCCCCCCCCCCCCN(CCCCCCCCCCCCCCC)C(C)C(=O)[O-].[Ca+2]. The van der Waals surface area contributed by atoms with Crippen LogP contribution in [0.15, 0.2) is 0 Å². The minimum absolute atomic E-state index is 0. The van der Waals surface area contributed by atoms with E-state index in [1.165, 1.54) is 308 Å². The van der Waals surface area contributed by atoms with E-state index in [0.717, 1.165) is 51.9 Å². The van der Waals surface area contributed by atoms with Crippen LogP contribution in [0.4, 0.5) is 0 Å². The zero-order chi connectivity index (χ0) is 53.1. The second-order valence-electron chi connectivity index (χ2n) is 23.0. The minimum Gasteiger partial charge on any atom is -0.548 e. The van der Waals surface area contributed by atoms with E-state index in [-0.39, 0.29) is 37.7 Å². The van der Waals surface area contributed by atoms with E-state index < -0.39 is 24.0 Å². The van der Waals surface area contributed by atoms with Crippen LogP contribution in [0.5, 0.6) is 0 Å². The van der Waals surface area contributed by atoms with Crippen molar-refractivity contribution in [1.82, 2.24) is 9.80 Å². The summed E-state index contributed by atoms with van der Waals surface area (Å²) in [7, 11) is 0.